The van der Waals surface area contributed by atoms with E-state index in [0.717, 1.165) is 11.1 Å². The Kier molecular flexibility index (Phi) is 7.34. The molecular weight excluding hydrogens is 436 g/mol. The predicted octanol–water partition coefficient (Wildman–Crippen LogP) is 3.55. The number of rotatable bonds is 9. The van der Waals surface area contributed by atoms with Gasteiger partial charge in [-0.3, -0.25) is 9.59 Å². The van der Waals surface area contributed by atoms with Crippen molar-refractivity contribution in [3.63, 3.8) is 0 Å². The minimum Gasteiger partial charge on any atom is -0.457 e. The Morgan fingerprint density at radius 1 is 1.29 bits per heavy atom. The Bertz CT molecular complexity index is 1170. The summed E-state index contributed by atoms with van der Waals surface area (Å²) in [5.74, 6) is -2.46. The molecule has 1 aromatic heterocycles. The molecule has 0 bridgehead atoms. The second kappa shape index (κ2) is 10.2. The molecule has 0 aliphatic heterocycles. The maximum absolute atomic E-state index is 12.2. The molecule has 1 heterocycles. The Labute approximate surface area is 188 Å². The highest BCUT2D eigenvalue weighted by atomic mass is 35.5. The van der Waals surface area contributed by atoms with Gasteiger partial charge in [-0.2, -0.15) is 5.26 Å². The van der Waals surface area contributed by atoms with Crippen LogP contribution in [-0.2, 0) is 20.9 Å². The van der Waals surface area contributed by atoms with Crippen molar-refractivity contribution < 1.29 is 14.3 Å². The number of carbonyl (C=O) groups excluding carboxylic acids is 2. The highest BCUT2D eigenvalue weighted by Gasteiger charge is 2.21. The quantitative estimate of drug-likeness (QED) is 0.388. The zero-order valence-corrected chi connectivity index (χ0v) is 18.0. The van der Waals surface area contributed by atoms with Crippen LogP contribution in [0.4, 0.5) is 0 Å². The fourth-order valence-electron chi connectivity index (χ4n) is 2.87. The van der Waals surface area contributed by atoms with Crippen LogP contribution >= 0.6 is 23.4 Å². The number of nitrogens with two attached hydrogens (primary N) is 1. The Hall–Kier alpha value is -3.28. The van der Waals surface area contributed by atoms with Crippen molar-refractivity contribution in [3.8, 4) is 6.07 Å². The molecule has 0 radical (unpaired) electrons. The van der Waals surface area contributed by atoms with Gasteiger partial charge in [-0.15, -0.1) is 0 Å². The van der Waals surface area contributed by atoms with Gasteiger partial charge in [0.2, 0.25) is 0 Å². The highest BCUT2D eigenvalue weighted by Crippen LogP contribution is 2.27. The summed E-state index contributed by atoms with van der Waals surface area (Å²) in [4.78, 5) is 28.7. The van der Waals surface area contributed by atoms with E-state index in [1.807, 2.05) is 41.0 Å². The first kappa shape index (κ1) is 22.4. The minimum atomic E-state index is -1.19. The average Bonchev–Trinajstić information content (AvgIpc) is 3.08. The van der Waals surface area contributed by atoms with Crippen molar-refractivity contribution in [2.45, 2.75) is 11.7 Å². The molecule has 0 saturated carbocycles. The SMILES string of the molecule is C=C(N)[C@H](C#N)C(=O)COC(=O)CSc1nc2cc(Cl)ccc2n1Cc1ccccc1. The van der Waals surface area contributed by atoms with E-state index in [1.54, 1.807) is 18.2 Å². The molecule has 0 amide bonds. The van der Waals surface area contributed by atoms with Gasteiger partial charge >= 0.3 is 5.97 Å². The monoisotopic (exact) mass is 454 g/mol. The number of nitrogens with zero attached hydrogens (tertiary/aromatic N) is 3. The number of ketones is 1. The van der Waals surface area contributed by atoms with Gasteiger partial charge in [0.05, 0.1) is 29.4 Å². The molecule has 2 aromatic carbocycles. The molecule has 0 fully saturated rings. The summed E-state index contributed by atoms with van der Waals surface area (Å²) in [6.45, 7) is 3.42. The fraction of sp³-hybridized carbons (Fsp3) is 0.182. The number of esters is 1. The van der Waals surface area contributed by atoms with Crippen LogP contribution in [0.3, 0.4) is 0 Å². The molecule has 3 rings (SSSR count). The summed E-state index contributed by atoms with van der Waals surface area (Å²) in [7, 11) is 0. The maximum atomic E-state index is 12.2. The number of nitriles is 1. The van der Waals surface area contributed by atoms with Crippen molar-refractivity contribution in [2.75, 3.05) is 12.4 Å². The van der Waals surface area contributed by atoms with Crippen molar-refractivity contribution in [2.24, 2.45) is 11.7 Å². The lowest BCUT2D eigenvalue weighted by atomic mass is 10.0. The molecule has 0 aliphatic carbocycles. The van der Waals surface area contributed by atoms with Gasteiger partial charge in [0.25, 0.3) is 0 Å². The largest absolute Gasteiger partial charge is 0.457 e. The number of carbonyl (C=O) groups is 2. The number of hydrogen-bond acceptors (Lipinski definition) is 7. The van der Waals surface area contributed by atoms with E-state index >= 15 is 0 Å². The summed E-state index contributed by atoms with van der Waals surface area (Å²) < 4.78 is 6.99. The van der Waals surface area contributed by atoms with Gasteiger partial charge in [-0.05, 0) is 23.8 Å². The third-order valence-electron chi connectivity index (χ3n) is 4.38. The van der Waals surface area contributed by atoms with E-state index in [-0.39, 0.29) is 11.4 Å². The Balaban J connectivity index is 1.71. The molecule has 0 spiro atoms. The molecule has 7 nitrogen and oxygen atoms in total. The number of ether oxygens (including phenoxy) is 1. The first-order chi connectivity index (χ1) is 14.9. The lowest BCUT2D eigenvalue weighted by Gasteiger charge is -2.10. The van der Waals surface area contributed by atoms with E-state index in [2.05, 4.69) is 11.6 Å². The number of allylic oxidation sites excluding steroid dienone is 1. The van der Waals surface area contributed by atoms with E-state index in [4.69, 9.17) is 27.3 Å². The molecule has 0 aliphatic rings. The summed E-state index contributed by atoms with van der Waals surface area (Å²) in [5, 5.41) is 10.1. The topological polar surface area (TPSA) is 111 Å². The van der Waals surface area contributed by atoms with Crippen LogP contribution < -0.4 is 5.73 Å². The van der Waals surface area contributed by atoms with Crippen LogP contribution in [0.1, 0.15) is 5.56 Å². The number of fused-ring (bicyclic) bond motifs is 1. The number of halogens is 1. The van der Waals surface area contributed by atoms with E-state index in [9.17, 15) is 9.59 Å². The van der Waals surface area contributed by atoms with Crippen LogP contribution in [0.5, 0.6) is 0 Å². The van der Waals surface area contributed by atoms with E-state index in [1.165, 1.54) is 11.8 Å². The summed E-state index contributed by atoms with van der Waals surface area (Å²) in [6.07, 6.45) is 0. The first-order valence-electron chi connectivity index (χ1n) is 9.23. The first-order valence-corrected chi connectivity index (χ1v) is 10.6. The number of thioether (sulfide) groups is 1. The third-order valence-corrected chi connectivity index (χ3v) is 5.56. The summed E-state index contributed by atoms with van der Waals surface area (Å²) >= 11 is 7.29. The summed E-state index contributed by atoms with van der Waals surface area (Å²) in [5.41, 5.74) is 8.02. The van der Waals surface area contributed by atoms with Crippen LogP contribution in [-0.4, -0.2) is 33.7 Å². The van der Waals surface area contributed by atoms with Crippen molar-refractivity contribution in [1.29, 1.82) is 5.26 Å². The smallest absolute Gasteiger partial charge is 0.316 e. The van der Waals surface area contributed by atoms with Crippen LogP contribution in [0.2, 0.25) is 5.02 Å². The lowest BCUT2D eigenvalue weighted by molar-refractivity contribution is -0.145. The molecule has 2 N–H and O–H groups in total. The highest BCUT2D eigenvalue weighted by molar-refractivity contribution is 7.99. The molecule has 9 heteroatoms. The third kappa shape index (κ3) is 5.66. The second-order valence-corrected chi connectivity index (χ2v) is 8.03. The molecule has 0 unspecified atom stereocenters. The standard InChI is InChI=1S/C22H19ClN4O3S/c1-14(25)17(10-24)20(28)12-30-21(29)13-31-22-26-18-9-16(23)7-8-19(18)27(22)11-15-5-3-2-4-6-15/h2-9,17H,1,11-13,25H2/t17-/m0/s1. The molecule has 158 valence electrons. The molecule has 31 heavy (non-hydrogen) atoms. The molecule has 1 atom stereocenters. The van der Waals surface area contributed by atoms with E-state index < -0.39 is 24.3 Å². The molecule has 0 saturated heterocycles. The van der Waals surface area contributed by atoms with Gasteiger partial charge in [0.1, 0.15) is 5.92 Å². The van der Waals surface area contributed by atoms with Gasteiger partial charge in [-0.25, -0.2) is 4.98 Å². The van der Waals surface area contributed by atoms with Gasteiger partial charge in [0.15, 0.2) is 17.5 Å². The van der Waals surface area contributed by atoms with Crippen molar-refractivity contribution >= 4 is 46.1 Å². The zero-order valence-electron chi connectivity index (χ0n) is 16.5. The van der Waals surface area contributed by atoms with Crippen LogP contribution in [0, 0.1) is 17.2 Å². The number of benzene rings is 2. The maximum Gasteiger partial charge on any atom is 0.316 e. The van der Waals surface area contributed by atoms with Gasteiger partial charge in [0, 0.05) is 10.7 Å². The molecular formula is C22H19ClN4O3S. The van der Waals surface area contributed by atoms with Crippen molar-refractivity contribution in [3.05, 3.63) is 71.4 Å². The zero-order chi connectivity index (χ0) is 22.4. The Morgan fingerprint density at radius 2 is 2.03 bits per heavy atom. The second-order valence-electron chi connectivity index (χ2n) is 6.65. The van der Waals surface area contributed by atoms with Gasteiger partial charge < -0.3 is 15.0 Å². The normalized spacial score (nSPS) is 11.6. The fourth-order valence-corrected chi connectivity index (χ4v) is 3.85. The number of aromatic nitrogens is 2. The number of hydrogen-bond donors (Lipinski definition) is 1. The minimum absolute atomic E-state index is 0.0556. The van der Waals surface area contributed by atoms with Crippen LogP contribution in [0.15, 0.2) is 66.0 Å². The predicted molar refractivity (Wildman–Crippen MR) is 119 cm³/mol. The number of imidazole rings is 1. The molecule has 3 aromatic rings. The van der Waals surface area contributed by atoms with Crippen LogP contribution in [0.25, 0.3) is 11.0 Å². The Morgan fingerprint density at radius 3 is 2.71 bits per heavy atom. The average molecular weight is 455 g/mol. The number of Topliss-reactive ketones (excluding diaryl/α,β-unsaturated/α-hetero) is 1. The van der Waals surface area contributed by atoms with Crippen molar-refractivity contribution in [1.82, 2.24) is 9.55 Å². The lowest BCUT2D eigenvalue weighted by Crippen LogP contribution is -2.25. The van der Waals surface area contributed by atoms with Gasteiger partial charge in [-0.1, -0.05) is 60.3 Å². The van der Waals surface area contributed by atoms with E-state index in [0.29, 0.717) is 22.2 Å². The summed E-state index contributed by atoms with van der Waals surface area (Å²) in [6, 6.07) is 17.0.